The molecule has 1 aromatic heterocycles. The zero-order chi connectivity index (χ0) is 13.1. The molecule has 0 saturated carbocycles. The lowest BCUT2D eigenvalue weighted by Gasteiger charge is -2.04. The Morgan fingerprint density at radius 3 is 2.83 bits per heavy atom. The van der Waals surface area contributed by atoms with E-state index in [1.807, 2.05) is 19.9 Å². The lowest BCUT2D eigenvalue weighted by atomic mass is 10.2. The average Bonchev–Trinajstić information content (AvgIpc) is 2.57. The van der Waals surface area contributed by atoms with Crippen LogP contribution in [0.3, 0.4) is 0 Å². The number of nitrogens with one attached hydrogen (secondary N) is 1. The zero-order valence-corrected chi connectivity index (χ0v) is 11.7. The number of thiazole rings is 1. The third-order valence-corrected chi connectivity index (χ3v) is 3.74. The number of anilines is 1. The summed E-state index contributed by atoms with van der Waals surface area (Å²) in [7, 11) is 0. The molecule has 1 aromatic carbocycles. The summed E-state index contributed by atoms with van der Waals surface area (Å²) >= 11 is 7.42. The van der Waals surface area contributed by atoms with Crippen molar-refractivity contribution in [1.29, 1.82) is 0 Å². The quantitative estimate of drug-likeness (QED) is 0.933. The Kier molecular flexibility index (Phi) is 3.99. The number of carbonyl (C=O) groups is 1. The normalized spacial score (nSPS) is 10.4. The molecule has 0 aliphatic rings. The van der Waals surface area contributed by atoms with Gasteiger partial charge in [-0.1, -0.05) is 17.7 Å². The van der Waals surface area contributed by atoms with Crippen molar-refractivity contribution in [3.05, 3.63) is 44.9 Å². The molecule has 2 aromatic rings. The van der Waals surface area contributed by atoms with Crippen LogP contribution < -0.4 is 5.32 Å². The molecule has 0 radical (unpaired) electrons. The largest absolute Gasteiger partial charge is 0.326 e. The minimum atomic E-state index is -0.0518. The van der Waals surface area contributed by atoms with Crippen molar-refractivity contribution in [2.45, 2.75) is 20.3 Å². The summed E-state index contributed by atoms with van der Waals surface area (Å²) in [6.07, 6.45) is 0.351. The molecule has 0 fully saturated rings. The van der Waals surface area contributed by atoms with Crippen molar-refractivity contribution in [1.82, 2.24) is 4.98 Å². The van der Waals surface area contributed by atoms with Gasteiger partial charge in [0, 0.05) is 15.6 Å². The minimum absolute atomic E-state index is 0.0518. The van der Waals surface area contributed by atoms with Crippen LogP contribution in [0.25, 0.3) is 0 Å². The summed E-state index contributed by atoms with van der Waals surface area (Å²) in [4.78, 5) is 17.2. The Bertz CT molecular complexity index is 580. The van der Waals surface area contributed by atoms with Gasteiger partial charge in [-0.15, -0.1) is 11.3 Å². The Hall–Kier alpha value is -1.39. The third-order valence-electron chi connectivity index (χ3n) is 2.43. The molecule has 0 aliphatic heterocycles. The number of hydrogen-bond donors (Lipinski definition) is 1. The van der Waals surface area contributed by atoms with Crippen molar-refractivity contribution in [3.63, 3.8) is 0 Å². The lowest BCUT2D eigenvalue weighted by Crippen LogP contribution is -2.14. The fourth-order valence-electron chi connectivity index (χ4n) is 1.65. The maximum Gasteiger partial charge on any atom is 0.229 e. The number of carbonyl (C=O) groups excluding carboxylic acids is 1. The van der Waals surface area contributed by atoms with E-state index < -0.39 is 0 Å². The van der Waals surface area contributed by atoms with Crippen LogP contribution in [0.4, 0.5) is 5.69 Å². The van der Waals surface area contributed by atoms with Gasteiger partial charge in [0.2, 0.25) is 5.91 Å². The van der Waals surface area contributed by atoms with E-state index in [1.165, 1.54) is 0 Å². The van der Waals surface area contributed by atoms with Crippen LogP contribution in [-0.4, -0.2) is 10.9 Å². The molecular formula is C13H13ClN2OS. The fourth-order valence-corrected chi connectivity index (χ4v) is 2.78. The summed E-state index contributed by atoms with van der Waals surface area (Å²) in [5, 5.41) is 4.42. The molecule has 0 bridgehead atoms. The van der Waals surface area contributed by atoms with Crippen LogP contribution >= 0.6 is 22.9 Å². The molecule has 18 heavy (non-hydrogen) atoms. The van der Waals surface area contributed by atoms with Crippen LogP contribution in [0.5, 0.6) is 0 Å². The van der Waals surface area contributed by atoms with E-state index in [9.17, 15) is 4.79 Å². The maximum atomic E-state index is 11.9. The van der Waals surface area contributed by atoms with Gasteiger partial charge in [0.1, 0.15) is 0 Å². The predicted molar refractivity (Wildman–Crippen MR) is 75.4 cm³/mol. The van der Waals surface area contributed by atoms with E-state index in [0.29, 0.717) is 17.1 Å². The van der Waals surface area contributed by atoms with Crippen molar-refractivity contribution in [3.8, 4) is 0 Å². The molecule has 0 aliphatic carbocycles. The van der Waals surface area contributed by atoms with Gasteiger partial charge in [-0.2, -0.15) is 0 Å². The summed E-state index contributed by atoms with van der Waals surface area (Å²) in [5.41, 5.74) is 1.64. The van der Waals surface area contributed by atoms with Gasteiger partial charge < -0.3 is 5.32 Å². The van der Waals surface area contributed by atoms with Gasteiger partial charge in [0.25, 0.3) is 0 Å². The van der Waals surface area contributed by atoms with Gasteiger partial charge in [0.05, 0.1) is 17.1 Å². The van der Waals surface area contributed by atoms with Crippen LogP contribution in [0, 0.1) is 13.8 Å². The molecule has 94 valence electrons. The number of hydrogen-bond acceptors (Lipinski definition) is 3. The van der Waals surface area contributed by atoms with Gasteiger partial charge in [-0.3, -0.25) is 4.79 Å². The lowest BCUT2D eigenvalue weighted by molar-refractivity contribution is -0.115. The molecule has 1 heterocycles. The molecule has 1 N–H and O–H groups in total. The van der Waals surface area contributed by atoms with Crippen LogP contribution in [-0.2, 0) is 11.2 Å². The van der Waals surface area contributed by atoms with Crippen LogP contribution in [0.15, 0.2) is 24.3 Å². The first-order valence-corrected chi connectivity index (χ1v) is 6.72. The second-order valence-corrected chi connectivity index (χ2v) is 5.70. The third kappa shape index (κ3) is 3.31. The van der Waals surface area contributed by atoms with Crippen molar-refractivity contribution < 1.29 is 4.79 Å². The molecule has 2 rings (SSSR count). The van der Waals surface area contributed by atoms with E-state index in [2.05, 4.69) is 10.3 Å². The maximum absolute atomic E-state index is 11.9. The first-order chi connectivity index (χ1) is 8.54. The highest BCUT2D eigenvalue weighted by Crippen LogP contribution is 2.19. The number of amides is 1. The van der Waals surface area contributed by atoms with E-state index >= 15 is 0 Å². The highest BCUT2D eigenvalue weighted by molar-refractivity contribution is 7.11. The van der Waals surface area contributed by atoms with E-state index in [-0.39, 0.29) is 5.91 Å². The van der Waals surface area contributed by atoms with Gasteiger partial charge >= 0.3 is 0 Å². The molecule has 3 nitrogen and oxygen atoms in total. The molecule has 0 spiro atoms. The number of aryl methyl sites for hydroxylation is 2. The zero-order valence-electron chi connectivity index (χ0n) is 10.2. The summed E-state index contributed by atoms with van der Waals surface area (Å²) < 4.78 is 0. The summed E-state index contributed by atoms with van der Waals surface area (Å²) in [6.45, 7) is 3.86. The minimum Gasteiger partial charge on any atom is -0.326 e. The van der Waals surface area contributed by atoms with E-state index in [0.717, 1.165) is 15.6 Å². The topological polar surface area (TPSA) is 42.0 Å². The molecule has 0 atom stereocenters. The Morgan fingerprint density at radius 2 is 2.22 bits per heavy atom. The van der Waals surface area contributed by atoms with Gasteiger partial charge in [-0.05, 0) is 32.0 Å². The second kappa shape index (κ2) is 5.50. The number of benzene rings is 1. The van der Waals surface area contributed by atoms with E-state index in [4.69, 9.17) is 11.6 Å². The number of nitrogens with zero attached hydrogens (tertiary/aromatic N) is 1. The van der Waals surface area contributed by atoms with Gasteiger partial charge in [0.15, 0.2) is 0 Å². The van der Waals surface area contributed by atoms with Crippen molar-refractivity contribution >= 4 is 34.5 Å². The Balaban J connectivity index is 2.03. The van der Waals surface area contributed by atoms with Gasteiger partial charge in [-0.25, -0.2) is 4.98 Å². The second-order valence-electron chi connectivity index (χ2n) is 3.98. The number of aromatic nitrogens is 1. The highest BCUT2D eigenvalue weighted by Gasteiger charge is 2.10. The average molecular weight is 281 g/mol. The number of halogens is 1. The SMILES string of the molecule is Cc1nc(C)c(CC(=O)Nc2cccc(Cl)c2)s1. The fraction of sp³-hybridized carbons (Fsp3) is 0.231. The van der Waals surface area contributed by atoms with Crippen molar-refractivity contribution in [2.24, 2.45) is 0 Å². The Labute approximate surface area is 115 Å². The van der Waals surface area contributed by atoms with Crippen LogP contribution in [0.1, 0.15) is 15.6 Å². The summed E-state index contributed by atoms with van der Waals surface area (Å²) in [6, 6.07) is 7.12. The summed E-state index contributed by atoms with van der Waals surface area (Å²) in [5.74, 6) is -0.0518. The van der Waals surface area contributed by atoms with Crippen LogP contribution in [0.2, 0.25) is 5.02 Å². The van der Waals surface area contributed by atoms with E-state index in [1.54, 1.807) is 29.5 Å². The van der Waals surface area contributed by atoms with Crippen molar-refractivity contribution in [2.75, 3.05) is 5.32 Å². The monoisotopic (exact) mass is 280 g/mol. The molecule has 0 unspecified atom stereocenters. The Morgan fingerprint density at radius 1 is 1.44 bits per heavy atom. The first kappa shape index (κ1) is 13.1. The smallest absolute Gasteiger partial charge is 0.229 e. The highest BCUT2D eigenvalue weighted by atomic mass is 35.5. The molecule has 5 heteroatoms. The first-order valence-electron chi connectivity index (χ1n) is 5.53. The number of rotatable bonds is 3. The molecule has 1 amide bonds. The molecular weight excluding hydrogens is 268 g/mol. The molecule has 0 saturated heterocycles. The standard InChI is InChI=1S/C13H13ClN2OS/c1-8-12(18-9(2)15-8)7-13(17)16-11-5-3-4-10(14)6-11/h3-6H,7H2,1-2H3,(H,16,17). The predicted octanol–water partition coefficient (Wildman–Crippen LogP) is 3.59.